The Bertz CT molecular complexity index is 1260. The van der Waals surface area contributed by atoms with Crippen molar-refractivity contribution in [3.05, 3.63) is 78.4 Å². The van der Waals surface area contributed by atoms with Crippen LogP contribution in [0, 0.1) is 11.3 Å². The SMILES string of the molecule is CCOc1ccc(-n2c(SCC(=O)Nc3cccc(C#N)c3)nc3ccccc32)cc1. The summed E-state index contributed by atoms with van der Waals surface area (Å²) in [6.45, 7) is 2.56. The summed E-state index contributed by atoms with van der Waals surface area (Å²) in [5, 5.41) is 12.6. The average Bonchev–Trinajstić information content (AvgIpc) is 3.17. The average molecular weight is 429 g/mol. The maximum atomic E-state index is 12.5. The number of imidazole rings is 1. The molecule has 0 aliphatic carbocycles. The minimum Gasteiger partial charge on any atom is -0.494 e. The van der Waals surface area contributed by atoms with Gasteiger partial charge in [-0.3, -0.25) is 9.36 Å². The van der Waals surface area contributed by atoms with Crippen LogP contribution in [-0.2, 0) is 4.79 Å². The largest absolute Gasteiger partial charge is 0.494 e. The Morgan fingerprint density at radius 3 is 2.71 bits per heavy atom. The van der Waals surface area contributed by atoms with Gasteiger partial charge in [-0.1, -0.05) is 30.0 Å². The number of nitriles is 1. The Balaban J connectivity index is 1.56. The first kappa shape index (κ1) is 20.5. The number of nitrogens with one attached hydrogen (secondary N) is 1. The molecule has 0 aliphatic heterocycles. The Morgan fingerprint density at radius 2 is 1.94 bits per heavy atom. The van der Waals surface area contributed by atoms with Gasteiger partial charge in [-0.15, -0.1) is 0 Å². The lowest BCUT2D eigenvalue weighted by Gasteiger charge is -2.10. The van der Waals surface area contributed by atoms with E-state index in [2.05, 4.69) is 11.4 Å². The van der Waals surface area contributed by atoms with Gasteiger partial charge in [-0.2, -0.15) is 5.26 Å². The molecule has 0 saturated carbocycles. The van der Waals surface area contributed by atoms with Crippen molar-refractivity contribution in [2.45, 2.75) is 12.1 Å². The number of para-hydroxylation sites is 2. The van der Waals surface area contributed by atoms with Crippen molar-refractivity contribution in [1.82, 2.24) is 9.55 Å². The van der Waals surface area contributed by atoms with Gasteiger partial charge in [0.15, 0.2) is 5.16 Å². The number of aromatic nitrogens is 2. The van der Waals surface area contributed by atoms with Crippen molar-refractivity contribution in [3.8, 4) is 17.5 Å². The summed E-state index contributed by atoms with van der Waals surface area (Å²) in [6.07, 6.45) is 0. The molecule has 1 amide bonds. The van der Waals surface area contributed by atoms with Crippen molar-refractivity contribution in [1.29, 1.82) is 5.26 Å². The van der Waals surface area contributed by atoms with E-state index in [0.717, 1.165) is 27.6 Å². The fourth-order valence-electron chi connectivity index (χ4n) is 3.20. The molecule has 7 heteroatoms. The maximum absolute atomic E-state index is 12.5. The van der Waals surface area contributed by atoms with Crippen LogP contribution in [-0.4, -0.2) is 27.8 Å². The molecule has 0 atom stereocenters. The van der Waals surface area contributed by atoms with Crippen molar-refractivity contribution in [2.75, 3.05) is 17.7 Å². The van der Waals surface area contributed by atoms with Crippen LogP contribution in [0.4, 0.5) is 5.69 Å². The topological polar surface area (TPSA) is 79.9 Å². The Hall–Kier alpha value is -3.76. The number of hydrogen-bond donors (Lipinski definition) is 1. The summed E-state index contributed by atoms with van der Waals surface area (Å²) in [7, 11) is 0. The molecule has 3 aromatic carbocycles. The number of hydrogen-bond acceptors (Lipinski definition) is 5. The minimum atomic E-state index is -0.162. The van der Waals surface area contributed by atoms with Crippen LogP contribution < -0.4 is 10.1 Å². The fraction of sp³-hybridized carbons (Fsp3) is 0.125. The first-order valence-electron chi connectivity index (χ1n) is 9.81. The van der Waals surface area contributed by atoms with E-state index in [-0.39, 0.29) is 11.7 Å². The first-order chi connectivity index (χ1) is 15.2. The lowest BCUT2D eigenvalue weighted by Crippen LogP contribution is -2.14. The lowest BCUT2D eigenvalue weighted by molar-refractivity contribution is -0.113. The van der Waals surface area contributed by atoms with Crippen molar-refractivity contribution in [3.63, 3.8) is 0 Å². The highest BCUT2D eigenvalue weighted by atomic mass is 32.2. The van der Waals surface area contributed by atoms with E-state index in [9.17, 15) is 4.79 Å². The zero-order chi connectivity index (χ0) is 21.6. The van der Waals surface area contributed by atoms with Gasteiger partial charge >= 0.3 is 0 Å². The number of thioether (sulfide) groups is 1. The Labute approximate surface area is 184 Å². The second-order valence-electron chi connectivity index (χ2n) is 6.67. The number of nitrogens with zero attached hydrogens (tertiary/aromatic N) is 3. The zero-order valence-electron chi connectivity index (χ0n) is 16.9. The van der Waals surface area contributed by atoms with E-state index in [1.54, 1.807) is 24.3 Å². The normalized spacial score (nSPS) is 10.6. The maximum Gasteiger partial charge on any atom is 0.234 e. The van der Waals surface area contributed by atoms with Crippen molar-refractivity contribution < 1.29 is 9.53 Å². The van der Waals surface area contributed by atoms with E-state index >= 15 is 0 Å². The fourth-order valence-corrected chi connectivity index (χ4v) is 4.03. The summed E-state index contributed by atoms with van der Waals surface area (Å²) >= 11 is 1.36. The molecular weight excluding hydrogens is 408 g/mol. The number of carbonyl (C=O) groups is 1. The third-order valence-corrected chi connectivity index (χ3v) is 5.48. The van der Waals surface area contributed by atoms with Gasteiger partial charge < -0.3 is 10.1 Å². The van der Waals surface area contributed by atoms with Gasteiger partial charge in [-0.25, -0.2) is 4.98 Å². The number of rotatable bonds is 7. The molecule has 154 valence electrons. The molecule has 0 bridgehead atoms. The Morgan fingerprint density at radius 1 is 1.13 bits per heavy atom. The van der Waals surface area contributed by atoms with Crippen LogP contribution in [0.5, 0.6) is 5.75 Å². The standard InChI is InChI=1S/C24H20N4O2S/c1-2-30-20-12-10-19(11-13-20)28-22-9-4-3-8-21(22)27-24(28)31-16-23(29)26-18-7-5-6-17(14-18)15-25/h3-14H,2,16H2,1H3,(H,26,29). The van der Waals surface area contributed by atoms with Crippen LogP contribution in [0.3, 0.4) is 0 Å². The molecule has 0 fully saturated rings. The monoisotopic (exact) mass is 428 g/mol. The van der Waals surface area contributed by atoms with E-state index in [4.69, 9.17) is 15.0 Å². The van der Waals surface area contributed by atoms with Crippen molar-refractivity contribution >= 4 is 34.4 Å². The minimum absolute atomic E-state index is 0.162. The van der Waals surface area contributed by atoms with E-state index in [1.165, 1.54) is 11.8 Å². The van der Waals surface area contributed by atoms with Crippen LogP contribution >= 0.6 is 11.8 Å². The first-order valence-corrected chi connectivity index (χ1v) is 10.8. The molecular formula is C24H20N4O2S. The predicted octanol–water partition coefficient (Wildman–Crippen LogP) is 5.03. The van der Waals surface area contributed by atoms with Crippen LogP contribution in [0.2, 0.25) is 0 Å². The smallest absolute Gasteiger partial charge is 0.234 e. The van der Waals surface area contributed by atoms with E-state index in [0.29, 0.717) is 17.9 Å². The van der Waals surface area contributed by atoms with Gasteiger partial charge in [0.05, 0.1) is 35.0 Å². The molecule has 31 heavy (non-hydrogen) atoms. The molecule has 1 heterocycles. The van der Waals surface area contributed by atoms with Crippen LogP contribution in [0.15, 0.2) is 78.0 Å². The van der Waals surface area contributed by atoms with Gasteiger partial charge in [0.25, 0.3) is 0 Å². The molecule has 6 nitrogen and oxygen atoms in total. The number of carbonyl (C=O) groups excluding carboxylic acids is 1. The second-order valence-corrected chi connectivity index (χ2v) is 7.62. The zero-order valence-corrected chi connectivity index (χ0v) is 17.7. The molecule has 1 aromatic heterocycles. The van der Waals surface area contributed by atoms with E-state index < -0.39 is 0 Å². The highest BCUT2D eigenvalue weighted by Gasteiger charge is 2.15. The van der Waals surface area contributed by atoms with Gasteiger partial charge in [-0.05, 0) is 61.5 Å². The second kappa shape index (κ2) is 9.37. The van der Waals surface area contributed by atoms with Gasteiger partial charge in [0, 0.05) is 11.4 Å². The molecule has 0 spiro atoms. The number of ether oxygens (including phenoxy) is 1. The number of amides is 1. The molecule has 0 saturated heterocycles. The van der Waals surface area contributed by atoms with Crippen LogP contribution in [0.25, 0.3) is 16.7 Å². The summed E-state index contributed by atoms with van der Waals surface area (Å²) in [6, 6.07) is 24.6. The third kappa shape index (κ3) is 4.71. The molecule has 0 unspecified atom stereocenters. The molecule has 4 rings (SSSR count). The highest BCUT2D eigenvalue weighted by molar-refractivity contribution is 7.99. The predicted molar refractivity (Wildman–Crippen MR) is 123 cm³/mol. The molecule has 4 aromatic rings. The van der Waals surface area contributed by atoms with Crippen LogP contribution in [0.1, 0.15) is 12.5 Å². The van der Waals surface area contributed by atoms with Gasteiger partial charge in [0.2, 0.25) is 5.91 Å². The van der Waals surface area contributed by atoms with E-state index in [1.807, 2.05) is 60.0 Å². The molecule has 0 aliphatic rings. The highest BCUT2D eigenvalue weighted by Crippen LogP contribution is 2.29. The quantitative estimate of drug-likeness (QED) is 0.418. The Kier molecular flexibility index (Phi) is 6.20. The summed E-state index contributed by atoms with van der Waals surface area (Å²) in [5.41, 5.74) is 3.88. The summed E-state index contributed by atoms with van der Waals surface area (Å²) < 4.78 is 7.59. The van der Waals surface area contributed by atoms with Gasteiger partial charge in [0.1, 0.15) is 5.75 Å². The number of fused-ring (bicyclic) bond motifs is 1. The number of anilines is 1. The summed E-state index contributed by atoms with van der Waals surface area (Å²) in [5.74, 6) is 0.839. The van der Waals surface area contributed by atoms with Crippen molar-refractivity contribution in [2.24, 2.45) is 0 Å². The third-order valence-electron chi connectivity index (χ3n) is 4.54. The molecule has 0 radical (unpaired) electrons. The lowest BCUT2D eigenvalue weighted by atomic mass is 10.2. The number of benzene rings is 3. The summed E-state index contributed by atoms with van der Waals surface area (Å²) in [4.78, 5) is 17.2. The molecule has 1 N–H and O–H groups in total.